The molecule has 0 saturated heterocycles. The van der Waals surface area contributed by atoms with E-state index in [1.54, 1.807) is 12.1 Å². The van der Waals surface area contributed by atoms with Crippen LogP contribution in [-0.2, 0) is 24.1 Å². The van der Waals surface area contributed by atoms with E-state index in [9.17, 15) is 13.7 Å². The number of aliphatic hydroxyl groups excluding tert-OH is 1. The van der Waals surface area contributed by atoms with Crippen LogP contribution in [-0.4, -0.2) is 14.1 Å². The number of fused-ring (bicyclic) bond motifs is 1. The number of hydrogen-bond donors (Lipinski definition) is 2. The lowest BCUT2D eigenvalue weighted by Crippen LogP contribution is -2.32. The van der Waals surface area contributed by atoms with E-state index in [0.717, 1.165) is 11.1 Å². The minimum absolute atomic E-state index is 0.137. The summed E-state index contributed by atoms with van der Waals surface area (Å²) >= 11 is 0. The molecule has 4 nitrogen and oxygen atoms in total. The van der Waals surface area contributed by atoms with Crippen LogP contribution in [0.1, 0.15) is 31.9 Å². The van der Waals surface area contributed by atoms with E-state index in [2.05, 4.69) is 4.72 Å². The van der Waals surface area contributed by atoms with Gasteiger partial charge in [-0.2, -0.15) is 4.39 Å². The van der Waals surface area contributed by atoms with E-state index < -0.39 is 17.0 Å². The number of benzene rings is 2. The normalized spacial score (nSPS) is 13.3. The molecule has 1 aromatic heterocycles. The van der Waals surface area contributed by atoms with Gasteiger partial charge in [-0.3, -0.25) is 0 Å². The van der Waals surface area contributed by atoms with Crippen molar-refractivity contribution in [3.05, 3.63) is 59.6 Å². The highest BCUT2D eigenvalue weighted by Crippen LogP contribution is 2.32. The number of halogens is 1. The minimum Gasteiger partial charge on any atom is -0.430 e. The highest BCUT2D eigenvalue weighted by molar-refractivity contribution is 7.84. The van der Waals surface area contributed by atoms with Gasteiger partial charge in [-0.15, -0.1) is 0 Å². The number of nitrogens with one attached hydrogen (secondary N) is 1. The van der Waals surface area contributed by atoms with E-state index in [0.29, 0.717) is 28.6 Å². The van der Waals surface area contributed by atoms with Crippen LogP contribution in [0.15, 0.2) is 46.9 Å². The Hall–Kier alpha value is -2.02. The highest BCUT2D eigenvalue weighted by Gasteiger charge is 2.19. The van der Waals surface area contributed by atoms with Crippen molar-refractivity contribution < 1.29 is 18.1 Å². The van der Waals surface area contributed by atoms with Gasteiger partial charge in [-0.05, 0) is 55.7 Å². The Bertz CT molecular complexity index is 959. The van der Waals surface area contributed by atoms with Gasteiger partial charge >= 0.3 is 0 Å². The van der Waals surface area contributed by atoms with Gasteiger partial charge in [0.25, 0.3) is 6.01 Å². The van der Waals surface area contributed by atoms with Crippen LogP contribution in [0.2, 0.25) is 0 Å². The van der Waals surface area contributed by atoms with Crippen molar-refractivity contribution in [3.63, 3.8) is 0 Å². The van der Waals surface area contributed by atoms with Gasteiger partial charge in [-0.1, -0.05) is 18.2 Å². The lowest BCUT2D eigenvalue weighted by Gasteiger charge is -2.18. The van der Waals surface area contributed by atoms with Crippen molar-refractivity contribution in [1.82, 2.24) is 4.72 Å². The summed E-state index contributed by atoms with van der Waals surface area (Å²) in [6.45, 7) is 6.05. The average Bonchev–Trinajstić information content (AvgIpc) is 2.98. The minimum atomic E-state index is -1.16. The van der Waals surface area contributed by atoms with Gasteiger partial charge in [0.05, 0.1) is 22.3 Å². The third kappa shape index (κ3) is 4.03. The van der Waals surface area contributed by atoms with Crippen LogP contribution in [0, 0.1) is 6.01 Å². The van der Waals surface area contributed by atoms with Crippen molar-refractivity contribution in [3.8, 4) is 11.1 Å². The molecule has 0 aliphatic rings. The number of aliphatic hydroxyl groups is 1. The van der Waals surface area contributed by atoms with Crippen LogP contribution in [0.4, 0.5) is 4.39 Å². The molecule has 26 heavy (non-hydrogen) atoms. The average molecular weight is 375 g/mol. The Kier molecular flexibility index (Phi) is 5.27. The molecular weight excluding hydrogens is 353 g/mol. The number of furan rings is 1. The Balaban J connectivity index is 1.95. The van der Waals surface area contributed by atoms with Crippen LogP contribution < -0.4 is 4.72 Å². The van der Waals surface area contributed by atoms with Gasteiger partial charge in [-0.25, -0.2) is 8.93 Å². The highest BCUT2D eigenvalue weighted by atomic mass is 32.2. The third-order valence-electron chi connectivity index (χ3n) is 4.03. The molecule has 0 fully saturated rings. The lowest BCUT2D eigenvalue weighted by molar-refractivity contribution is 0.282. The molecular formula is C20H22FNO3S. The van der Waals surface area contributed by atoms with E-state index in [1.807, 2.05) is 45.0 Å². The van der Waals surface area contributed by atoms with Crippen molar-refractivity contribution in [2.24, 2.45) is 0 Å². The first kappa shape index (κ1) is 18.8. The molecule has 1 heterocycles. The van der Waals surface area contributed by atoms with Gasteiger partial charge in [0, 0.05) is 23.6 Å². The van der Waals surface area contributed by atoms with E-state index in [4.69, 9.17) is 4.42 Å². The molecule has 0 aliphatic heterocycles. The Morgan fingerprint density at radius 2 is 1.92 bits per heavy atom. The van der Waals surface area contributed by atoms with Crippen molar-refractivity contribution in [2.75, 3.05) is 0 Å². The second kappa shape index (κ2) is 7.31. The predicted octanol–water partition coefficient (Wildman–Crippen LogP) is 4.28. The fourth-order valence-electron chi connectivity index (χ4n) is 2.70. The van der Waals surface area contributed by atoms with E-state index >= 15 is 0 Å². The van der Waals surface area contributed by atoms with E-state index in [1.165, 1.54) is 6.07 Å². The largest absolute Gasteiger partial charge is 0.430 e. The summed E-state index contributed by atoms with van der Waals surface area (Å²) in [6.07, 6.45) is 0. The molecule has 0 aliphatic carbocycles. The maximum absolute atomic E-state index is 13.6. The summed E-state index contributed by atoms with van der Waals surface area (Å²) in [6, 6.07) is 11.8. The van der Waals surface area contributed by atoms with Crippen LogP contribution in [0.5, 0.6) is 0 Å². The fourth-order valence-corrected chi connectivity index (χ4v) is 3.43. The molecule has 3 aromatic rings. The van der Waals surface area contributed by atoms with Gasteiger partial charge < -0.3 is 9.52 Å². The topological polar surface area (TPSA) is 62.5 Å². The molecule has 3 rings (SSSR count). The third-order valence-corrected chi connectivity index (χ3v) is 5.55. The molecule has 0 amide bonds. The van der Waals surface area contributed by atoms with Crippen molar-refractivity contribution in [1.29, 1.82) is 0 Å². The summed E-state index contributed by atoms with van der Waals surface area (Å²) in [5.41, 5.74) is 3.65. The summed E-state index contributed by atoms with van der Waals surface area (Å²) in [5, 5.41) is 10.1. The molecule has 1 atom stereocenters. The maximum atomic E-state index is 13.6. The first-order valence-corrected chi connectivity index (χ1v) is 9.50. The van der Waals surface area contributed by atoms with Crippen LogP contribution >= 0.6 is 0 Å². The molecule has 0 bridgehead atoms. The van der Waals surface area contributed by atoms with Gasteiger partial charge in [0.15, 0.2) is 0 Å². The zero-order chi connectivity index (χ0) is 18.9. The molecule has 2 aromatic carbocycles. The molecule has 0 radical (unpaired) electrons. The first-order chi connectivity index (χ1) is 12.3. The second-order valence-corrected chi connectivity index (χ2v) is 9.22. The summed E-state index contributed by atoms with van der Waals surface area (Å²) in [5.74, 6) is 0. The Morgan fingerprint density at radius 3 is 2.62 bits per heavy atom. The monoisotopic (exact) mass is 375 g/mol. The summed E-state index contributed by atoms with van der Waals surface area (Å²) in [4.78, 5) is 0. The molecule has 0 spiro atoms. The lowest BCUT2D eigenvalue weighted by atomic mass is 9.99. The molecule has 6 heteroatoms. The number of hydrogen-bond acceptors (Lipinski definition) is 3. The maximum Gasteiger partial charge on any atom is 0.278 e. The molecule has 138 valence electrons. The number of rotatable bonds is 5. The zero-order valence-electron chi connectivity index (χ0n) is 15.0. The summed E-state index contributed by atoms with van der Waals surface area (Å²) in [7, 11) is -1.16. The SMILES string of the molecule is CC(C)(C)S(=O)NCc1cccc(-c2cc(CO)cc3cc(F)oc23)c1. The fraction of sp³-hybridized carbons (Fsp3) is 0.300. The van der Waals surface area contributed by atoms with Gasteiger partial charge in [0.1, 0.15) is 5.58 Å². The summed E-state index contributed by atoms with van der Waals surface area (Å²) < 4.78 is 33.7. The molecule has 2 N–H and O–H groups in total. The molecule has 0 saturated carbocycles. The van der Waals surface area contributed by atoms with Crippen molar-refractivity contribution >= 4 is 22.0 Å². The van der Waals surface area contributed by atoms with Crippen LogP contribution in [0.25, 0.3) is 22.1 Å². The van der Waals surface area contributed by atoms with Crippen molar-refractivity contribution in [2.45, 2.75) is 38.7 Å². The van der Waals surface area contributed by atoms with Crippen LogP contribution in [0.3, 0.4) is 0 Å². The van der Waals surface area contributed by atoms with Gasteiger partial charge in [0.2, 0.25) is 0 Å². The first-order valence-electron chi connectivity index (χ1n) is 8.35. The standard InChI is InChI=1S/C20H22FNO3S/c1-20(2,3)26(24)22-11-13-5-4-6-15(7-13)17-9-14(12-23)8-16-10-18(21)25-19(16)17/h4-10,22-23H,11-12H2,1-3H3. The Morgan fingerprint density at radius 1 is 1.15 bits per heavy atom. The quantitative estimate of drug-likeness (QED) is 0.700. The predicted molar refractivity (Wildman–Crippen MR) is 102 cm³/mol. The smallest absolute Gasteiger partial charge is 0.278 e. The van der Waals surface area contributed by atoms with E-state index in [-0.39, 0.29) is 11.4 Å². The second-order valence-electron chi connectivity index (χ2n) is 7.17. The molecule has 1 unspecified atom stereocenters. The Labute approximate surface area is 154 Å². The zero-order valence-corrected chi connectivity index (χ0v) is 15.8.